The van der Waals surface area contributed by atoms with Crippen LogP contribution in [-0.2, 0) is 6.54 Å². The molecule has 2 aromatic rings. The molecule has 0 unspecified atom stereocenters. The molecule has 0 saturated heterocycles. The number of nitrogens with two attached hydrogens (primary N) is 1. The lowest BCUT2D eigenvalue weighted by Gasteiger charge is -2.06. The molecule has 5 nitrogen and oxygen atoms in total. The van der Waals surface area contributed by atoms with E-state index in [0.717, 1.165) is 9.94 Å². The van der Waals surface area contributed by atoms with E-state index >= 15 is 0 Å². The number of nitrogens with zero attached hydrogens (tertiary/aromatic N) is 1. The zero-order valence-corrected chi connectivity index (χ0v) is 15.4. The quantitative estimate of drug-likeness (QED) is 0.538. The Morgan fingerprint density at radius 2 is 2.15 bits per heavy atom. The molecule has 0 aliphatic rings. The van der Waals surface area contributed by atoms with Crippen molar-refractivity contribution < 1.29 is 9.53 Å². The van der Waals surface area contributed by atoms with Crippen LogP contribution in [0.3, 0.4) is 0 Å². The van der Waals surface area contributed by atoms with Crippen molar-refractivity contribution in [1.29, 1.82) is 0 Å². The summed E-state index contributed by atoms with van der Waals surface area (Å²) >= 11 is 1.45. The average molecular weight is 367 g/mol. The van der Waals surface area contributed by atoms with E-state index in [0.29, 0.717) is 23.6 Å². The van der Waals surface area contributed by atoms with Crippen LogP contribution in [0, 0.1) is 0 Å². The van der Waals surface area contributed by atoms with Gasteiger partial charge in [0.15, 0.2) is 5.06 Å². The van der Waals surface area contributed by atoms with Crippen molar-refractivity contribution >= 4 is 29.1 Å². The third kappa shape index (κ3) is 5.19. The third-order valence-corrected chi connectivity index (χ3v) is 4.30. The third-order valence-electron chi connectivity index (χ3n) is 3.33. The number of nitrogens with one attached hydrogen (secondary N) is 1. The standard InChI is InChI=1S/C20H21N3O2S/c1-4-7-8-15(6-3)25-18-12-10-16(26-18)13-22-20(24)17-11-9-14(5-2)23-19(17)21/h4-12H,2-3,13H2,1H3,(H2,21,23)(H,22,24)/b7-4-,15-8+. The van der Waals surface area contributed by atoms with Gasteiger partial charge in [0.05, 0.1) is 17.8 Å². The summed E-state index contributed by atoms with van der Waals surface area (Å²) in [5.74, 6) is 0.558. The topological polar surface area (TPSA) is 77.2 Å². The van der Waals surface area contributed by atoms with Gasteiger partial charge >= 0.3 is 0 Å². The summed E-state index contributed by atoms with van der Waals surface area (Å²) in [4.78, 5) is 17.3. The van der Waals surface area contributed by atoms with Gasteiger partial charge in [-0.05, 0) is 49.4 Å². The first-order valence-corrected chi connectivity index (χ1v) is 8.78. The average Bonchev–Trinajstić information content (AvgIpc) is 3.10. The van der Waals surface area contributed by atoms with E-state index in [4.69, 9.17) is 10.5 Å². The Bertz CT molecular complexity index is 866. The predicted molar refractivity (Wildman–Crippen MR) is 108 cm³/mol. The van der Waals surface area contributed by atoms with Crippen molar-refractivity contribution in [2.75, 3.05) is 5.73 Å². The van der Waals surface area contributed by atoms with Crippen LogP contribution >= 0.6 is 11.3 Å². The van der Waals surface area contributed by atoms with Crippen LogP contribution in [0.2, 0.25) is 0 Å². The molecule has 2 heterocycles. The van der Waals surface area contributed by atoms with Gasteiger partial charge in [-0.2, -0.15) is 0 Å². The van der Waals surface area contributed by atoms with Crippen molar-refractivity contribution in [1.82, 2.24) is 10.3 Å². The van der Waals surface area contributed by atoms with Crippen LogP contribution in [0.1, 0.15) is 27.9 Å². The number of thiophene rings is 1. The number of pyridine rings is 1. The Labute approximate surface area is 157 Å². The van der Waals surface area contributed by atoms with Gasteiger partial charge in [-0.1, -0.05) is 25.3 Å². The van der Waals surface area contributed by atoms with E-state index in [1.165, 1.54) is 11.3 Å². The fraction of sp³-hybridized carbons (Fsp3) is 0.100. The van der Waals surface area contributed by atoms with Crippen LogP contribution in [0.15, 0.2) is 67.5 Å². The van der Waals surface area contributed by atoms with Gasteiger partial charge in [0.1, 0.15) is 11.6 Å². The maximum absolute atomic E-state index is 12.3. The number of carbonyl (C=O) groups excluding carboxylic acids is 1. The van der Waals surface area contributed by atoms with Gasteiger partial charge in [-0.15, -0.1) is 11.3 Å². The van der Waals surface area contributed by atoms with Crippen molar-refractivity contribution in [3.63, 3.8) is 0 Å². The molecule has 0 bridgehead atoms. The molecule has 0 atom stereocenters. The molecular weight excluding hydrogens is 346 g/mol. The van der Waals surface area contributed by atoms with Crippen molar-refractivity contribution in [2.45, 2.75) is 13.5 Å². The summed E-state index contributed by atoms with van der Waals surface area (Å²) in [5.41, 5.74) is 6.79. The van der Waals surface area contributed by atoms with Gasteiger partial charge < -0.3 is 15.8 Å². The van der Waals surface area contributed by atoms with Crippen molar-refractivity contribution in [2.24, 2.45) is 0 Å². The second kappa shape index (κ2) is 9.39. The van der Waals surface area contributed by atoms with Crippen molar-refractivity contribution in [3.05, 3.63) is 83.6 Å². The summed E-state index contributed by atoms with van der Waals surface area (Å²) < 4.78 is 5.74. The minimum absolute atomic E-state index is 0.180. The van der Waals surface area contributed by atoms with Crippen molar-refractivity contribution in [3.8, 4) is 5.06 Å². The van der Waals surface area contributed by atoms with E-state index in [1.807, 2.05) is 37.3 Å². The maximum Gasteiger partial charge on any atom is 0.255 e. The Morgan fingerprint density at radius 1 is 1.35 bits per heavy atom. The molecular formula is C20H21N3O2S. The lowest BCUT2D eigenvalue weighted by atomic mass is 10.2. The molecule has 0 saturated carbocycles. The number of carbonyl (C=O) groups is 1. The van der Waals surface area contributed by atoms with Crippen LogP contribution < -0.4 is 15.8 Å². The second-order valence-corrected chi connectivity index (χ2v) is 6.31. The minimum atomic E-state index is -0.277. The molecule has 0 fully saturated rings. The number of rotatable bonds is 8. The molecule has 0 spiro atoms. The predicted octanol–water partition coefficient (Wildman–Crippen LogP) is 4.32. The molecule has 2 aromatic heterocycles. The number of nitrogen functional groups attached to an aromatic ring is 1. The van der Waals surface area contributed by atoms with Gasteiger partial charge in [-0.25, -0.2) is 4.98 Å². The summed E-state index contributed by atoms with van der Waals surface area (Å²) in [6.07, 6.45) is 8.83. The Kier molecular flexibility index (Phi) is 6.93. The zero-order chi connectivity index (χ0) is 18.9. The SMILES string of the molecule is C=C/C(=C\C=C/C)Oc1ccc(CNC(=O)c2ccc(C=C)nc2N)s1. The lowest BCUT2D eigenvalue weighted by Crippen LogP contribution is -2.23. The minimum Gasteiger partial charge on any atom is -0.447 e. The number of hydrogen-bond donors (Lipinski definition) is 2. The molecule has 2 rings (SSSR count). The number of aromatic nitrogens is 1. The zero-order valence-electron chi connectivity index (χ0n) is 14.6. The number of amides is 1. The normalized spacial score (nSPS) is 11.3. The number of ether oxygens (including phenoxy) is 1. The number of allylic oxidation sites excluding steroid dienone is 4. The highest BCUT2D eigenvalue weighted by molar-refractivity contribution is 7.13. The van der Waals surface area contributed by atoms with E-state index in [9.17, 15) is 4.79 Å². The molecule has 26 heavy (non-hydrogen) atoms. The van der Waals surface area contributed by atoms with Gasteiger partial charge in [0.2, 0.25) is 0 Å². The highest BCUT2D eigenvalue weighted by Gasteiger charge is 2.11. The smallest absolute Gasteiger partial charge is 0.255 e. The second-order valence-electron chi connectivity index (χ2n) is 5.18. The Hall–Kier alpha value is -3.12. The van der Waals surface area contributed by atoms with Crippen LogP contribution in [0.4, 0.5) is 5.82 Å². The number of anilines is 1. The van der Waals surface area contributed by atoms with E-state index in [1.54, 1.807) is 24.3 Å². The lowest BCUT2D eigenvalue weighted by molar-refractivity contribution is 0.0952. The molecule has 0 radical (unpaired) electrons. The summed E-state index contributed by atoms with van der Waals surface area (Å²) in [7, 11) is 0. The molecule has 0 aliphatic heterocycles. The first-order valence-electron chi connectivity index (χ1n) is 7.96. The van der Waals surface area contributed by atoms with Gasteiger partial charge in [0.25, 0.3) is 5.91 Å². The number of hydrogen-bond acceptors (Lipinski definition) is 5. The molecule has 3 N–H and O–H groups in total. The first-order chi connectivity index (χ1) is 12.6. The summed E-state index contributed by atoms with van der Waals surface area (Å²) in [6, 6.07) is 7.09. The maximum atomic E-state index is 12.3. The summed E-state index contributed by atoms with van der Waals surface area (Å²) in [5, 5.41) is 3.56. The molecule has 134 valence electrons. The van der Waals surface area contributed by atoms with Crippen LogP contribution in [-0.4, -0.2) is 10.9 Å². The van der Waals surface area contributed by atoms with Crippen LogP contribution in [0.25, 0.3) is 6.08 Å². The largest absolute Gasteiger partial charge is 0.447 e. The van der Waals surface area contributed by atoms with Gasteiger partial charge in [0, 0.05) is 4.88 Å². The molecule has 6 heteroatoms. The van der Waals surface area contributed by atoms with Gasteiger partial charge in [-0.3, -0.25) is 4.79 Å². The molecule has 0 aliphatic carbocycles. The van der Waals surface area contributed by atoms with E-state index in [2.05, 4.69) is 23.5 Å². The highest BCUT2D eigenvalue weighted by atomic mass is 32.1. The van der Waals surface area contributed by atoms with E-state index in [-0.39, 0.29) is 11.7 Å². The fourth-order valence-electron chi connectivity index (χ4n) is 2.02. The summed E-state index contributed by atoms with van der Waals surface area (Å²) in [6.45, 7) is 9.65. The fourth-order valence-corrected chi connectivity index (χ4v) is 2.83. The molecule has 0 aromatic carbocycles. The Morgan fingerprint density at radius 3 is 2.81 bits per heavy atom. The molecule has 1 amide bonds. The first kappa shape index (κ1) is 19.2. The Balaban J connectivity index is 1.98. The van der Waals surface area contributed by atoms with E-state index < -0.39 is 0 Å². The van der Waals surface area contributed by atoms with Crippen LogP contribution in [0.5, 0.6) is 5.06 Å². The highest BCUT2D eigenvalue weighted by Crippen LogP contribution is 2.26. The monoisotopic (exact) mass is 367 g/mol.